The van der Waals surface area contributed by atoms with Crippen molar-refractivity contribution in [2.45, 2.75) is 32.6 Å². The molecule has 0 spiro atoms. The first kappa shape index (κ1) is 21.0. The molecule has 1 N–H and O–H groups in total. The van der Waals surface area contributed by atoms with Crippen LogP contribution in [0, 0.1) is 6.92 Å². The van der Waals surface area contributed by atoms with E-state index in [1.807, 2.05) is 40.9 Å². The highest BCUT2D eigenvalue weighted by Crippen LogP contribution is 2.42. The van der Waals surface area contributed by atoms with E-state index in [0.29, 0.717) is 0 Å². The summed E-state index contributed by atoms with van der Waals surface area (Å²) in [5, 5.41) is 16.7. The van der Waals surface area contributed by atoms with Crippen LogP contribution in [0.1, 0.15) is 36.8 Å². The van der Waals surface area contributed by atoms with E-state index in [0.717, 1.165) is 57.5 Å². The average Bonchev–Trinajstić information content (AvgIpc) is 3.21. The molecule has 0 aliphatic rings. The highest BCUT2D eigenvalue weighted by Gasteiger charge is 2.28. The van der Waals surface area contributed by atoms with Gasteiger partial charge in [-0.3, -0.25) is 0 Å². The summed E-state index contributed by atoms with van der Waals surface area (Å²) in [6.07, 6.45) is 1.67. The standard InChI is InChI=1S/C29H27N3O/c1-4-10-23(20(3)33)26-27(21-11-6-5-7-12-21)30-29-24-13-8-9-14-25(24)31-32(29)28(26)22-17-15-19(2)16-18-22/h5-9,11-18,23,33H,3-4,10H2,1-2H3. The van der Waals surface area contributed by atoms with Crippen LogP contribution in [0.5, 0.6) is 0 Å². The monoisotopic (exact) mass is 433 g/mol. The second kappa shape index (κ2) is 8.55. The summed E-state index contributed by atoms with van der Waals surface area (Å²) >= 11 is 0. The molecular weight excluding hydrogens is 406 g/mol. The number of benzene rings is 3. The van der Waals surface area contributed by atoms with Crippen LogP contribution in [0.25, 0.3) is 39.1 Å². The van der Waals surface area contributed by atoms with Gasteiger partial charge in [-0.1, -0.05) is 92.2 Å². The lowest BCUT2D eigenvalue weighted by molar-refractivity contribution is 0.361. The number of aliphatic hydroxyl groups is 1. The first-order valence-corrected chi connectivity index (χ1v) is 11.4. The Labute approximate surface area is 193 Å². The van der Waals surface area contributed by atoms with Crippen molar-refractivity contribution in [3.8, 4) is 22.5 Å². The Balaban J connectivity index is 1.99. The zero-order chi connectivity index (χ0) is 22.9. The van der Waals surface area contributed by atoms with Crippen molar-refractivity contribution in [3.05, 3.63) is 102 Å². The molecular formula is C29H27N3O. The maximum atomic E-state index is 10.7. The molecule has 0 fully saturated rings. The van der Waals surface area contributed by atoms with Gasteiger partial charge in [0.25, 0.3) is 0 Å². The van der Waals surface area contributed by atoms with Crippen LogP contribution in [0.15, 0.2) is 91.2 Å². The van der Waals surface area contributed by atoms with Crippen LogP contribution < -0.4 is 0 Å². The van der Waals surface area contributed by atoms with Crippen LogP contribution in [-0.4, -0.2) is 19.7 Å². The summed E-state index contributed by atoms with van der Waals surface area (Å²) < 4.78 is 1.95. The molecule has 5 aromatic rings. The van der Waals surface area contributed by atoms with Gasteiger partial charge in [-0.15, -0.1) is 0 Å². The number of hydrogen-bond donors (Lipinski definition) is 1. The zero-order valence-electron chi connectivity index (χ0n) is 19.0. The summed E-state index contributed by atoms with van der Waals surface area (Å²) in [4.78, 5) is 5.17. The Hall–Kier alpha value is -3.92. The van der Waals surface area contributed by atoms with Crippen molar-refractivity contribution in [2.75, 3.05) is 0 Å². The van der Waals surface area contributed by atoms with Gasteiger partial charge in [-0.05, 0) is 25.5 Å². The fourth-order valence-electron chi connectivity index (χ4n) is 4.58. The molecule has 1 atom stereocenters. The van der Waals surface area contributed by atoms with E-state index in [-0.39, 0.29) is 11.7 Å². The van der Waals surface area contributed by atoms with E-state index in [4.69, 9.17) is 10.1 Å². The Kier molecular flexibility index (Phi) is 5.43. The summed E-state index contributed by atoms with van der Waals surface area (Å²) in [6.45, 7) is 8.16. The van der Waals surface area contributed by atoms with E-state index in [9.17, 15) is 5.11 Å². The van der Waals surface area contributed by atoms with Crippen molar-refractivity contribution in [2.24, 2.45) is 0 Å². The molecule has 3 aromatic carbocycles. The van der Waals surface area contributed by atoms with E-state index < -0.39 is 0 Å². The maximum absolute atomic E-state index is 10.7. The summed E-state index contributed by atoms with van der Waals surface area (Å²) in [5.74, 6) is -0.106. The quantitative estimate of drug-likeness (QED) is 0.282. The van der Waals surface area contributed by atoms with Crippen molar-refractivity contribution >= 4 is 16.6 Å². The number of hydrogen-bond acceptors (Lipinski definition) is 3. The van der Waals surface area contributed by atoms with Gasteiger partial charge < -0.3 is 5.11 Å². The molecule has 0 amide bonds. The van der Waals surface area contributed by atoms with Crippen molar-refractivity contribution in [3.63, 3.8) is 0 Å². The lowest BCUT2D eigenvalue weighted by atomic mass is 9.86. The molecule has 5 rings (SSSR count). The third-order valence-corrected chi connectivity index (χ3v) is 6.19. The molecule has 33 heavy (non-hydrogen) atoms. The molecule has 0 saturated carbocycles. The molecule has 2 aromatic heterocycles. The minimum absolute atomic E-state index is 0.153. The van der Waals surface area contributed by atoms with E-state index >= 15 is 0 Å². The number of aryl methyl sites for hydroxylation is 1. The Bertz CT molecular complexity index is 1450. The molecule has 4 nitrogen and oxygen atoms in total. The van der Waals surface area contributed by atoms with Crippen molar-refractivity contribution < 1.29 is 5.11 Å². The maximum Gasteiger partial charge on any atom is 0.164 e. The van der Waals surface area contributed by atoms with Gasteiger partial charge in [0.2, 0.25) is 0 Å². The van der Waals surface area contributed by atoms with E-state index in [1.54, 1.807) is 0 Å². The van der Waals surface area contributed by atoms with Gasteiger partial charge in [0, 0.05) is 28.0 Å². The highest BCUT2D eigenvalue weighted by molar-refractivity contribution is 5.95. The summed E-state index contributed by atoms with van der Waals surface area (Å²) in [7, 11) is 0. The van der Waals surface area contributed by atoms with Crippen molar-refractivity contribution in [1.82, 2.24) is 14.6 Å². The van der Waals surface area contributed by atoms with Crippen LogP contribution in [0.3, 0.4) is 0 Å². The zero-order valence-corrected chi connectivity index (χ0v) is 19.0. The van der Waals surface area contributed by atoms with Crippen LogP contribution in [-0.2, 0) is 0 Å². The van der Waals surface area contributed by atoms with Crippen LogP contribution in [0.4, 0.5) is 0 Å². The molecule has 0 aliphatic heterocycles. The summed E-state index contributed by atoms with van der Waals surface area (Å²) in [6, 6.07) is 26.7. The molecule has 0 bridgehead atoms. The number of aromatic nitrogens is 3. The summed E-state index contributed by atoms with van der Waals surface area (Å²) in [5.41, 5.74) is 7.70. The minimum atomic E-state index is -0.259. The van der Waals surface area contributed by atoms with Crippen molar-refractivity contribution in [1.29, 1.82) is 0 Å². The lowest BCUT2D eigenvalue weighted by Crippen LogP contribution is -2.12. The smallest absolute Gasteiger partial charge is 0.164 e. The Morgan fingerprint density at radius 3 is 2.33 bits per heavy atom. The first-order chi connectivity index (χ1) is 16.1. The molecule has 4 heteroatoms. The van der Waals surface area contributed by atoms with E-state index in [1.165, 1.54) is 5.56 Å². The second-order valence-electron chi connectivity index (χ2n) is 8.54. The molecule has 0 saturated heterocycles. The Morgan fingerprint density at radius 2 is 1.64 bits per heavy atom. The average molecular weight is 434 g/mol. The Morgan fingerprint density at radius 1 is 0.939 bits per heavy atom. The molecule has 0 radical (unpaired) electrons. The van der Waals surface area contributed by atoms with Crippen LogP contribution >= 0.6 is 0 Å². The first-order valence-electron chi connectivity index (χ1n) is 11.4. The van der Waals surface area contributed by atoms with Crippen LogP contribution in [0.2, 0.25) is 0 Å². The molecule has 1 unspecified atom stereocenters. The molecule has 2 heterocycles. The number of allylic oxidation sites excluding steroid dienone is 1. The van der Waals surface area contributed by atoms with Gasteiger partial charge in [0.05, 0.1) is 22.7 Å². The van der Waals surface area contributed by atoms with Gasteiger partial charge >= 0.3 is 0 Å². The molecule has 0 aliphatic carbocycles. The third kappa shape index (κ3) is 3.68. The number of aliphatic hydroxyl groups excluding tert-OH is 1. The van der Waals surface area contributed by atoms with E-state index in [2.05, 4.69) is 62.9 Å². The normalized spacial score (nSPS) is 12.3. The minimum Gasteiger partial charge on any atom is -0.512 e. The third-order valence-electron chi connectivity index (χ3n) is 6.19. The van der Waals surface area contributed by atoms with Gasteiger partial charge in [0.15, 0.2) is 5.65 Å². The van der Waals surface area contributed by atoms with Gasteiger partial charge in [0.1, 0.15) is 0 Å². The largest absolute Gasteiger partial charge is 0.512 e. The van der Waals surface area contributed by atoms with Gasteiger partial charge in [-0.25, -0.2) is 9.50 Å². The lowest BCUT2D eigenvalue weighted by Gasteiger charge is -2.23. The predicted molar refractivity (Wildman–Crippen MR) is 136 cm³/mol. The highest BCUT2D eigenvalue weighted by atomic mass is 16.3. The fraction of sp³-hybridized carbons (Fsp3) is 0.172. The topological polar surface area (TPSA) is 50.4 Å². The fourth-order valence-corrected chi connectivity index (χ4v) is 4.58. The second-order valence-corrected chi connectivity index (χ2v) is 8.54. The number of nitrogens with zero attached hydrogens (tertiary/aromatic N) is 3. The molecule has 164 valence electrons. The predicted octanol–water partition coefficient (Wildman–Crippen LogP) is 7.48. The van der Waals surface area contributed by atoms with Gasteiger partial charge in [-0.2, -0.15) is 5.10 Å². The SMILES string of the molecule is C=C(O)C(CCC)c1c(-c2ccccc2)nc2c3ccccc3nn2c1-c1ccc(C)cc1. The number of rotatable bonds is 6. The number of fused-ring (bicyclic) bond motifs is 3.